The summed E-state index contributed by atoms with van der Waals surface area (Å²) >= 11 is 5.95. The van der Waals surface area contributed by atoms with Crippen LogP contribution in [0.3, 0.4) is 0 Å². The molecule has 28 heavy (non-hydrogen) atoms. The quantitative estimate of drug-likeness (QED) is 0.546. The van der Waals surface area contributed by atoms with Crippen molar-refractivity contribution < 1.29 is 19.0 Å². The van der Waals surface area contributed by atoms with Gasteiger partial charge < -0.3 is 9.84 Å². The third-order valence-corrected chi connectivity index (χ3v) is 4.49. The third kappa shape index (κ3) is 3.16. The Morgan fingerprint density at radius 3 is 2.46 bits per heavy atom. The minimum absolute atomic E-state index is 0.110. The first-order valence-corrected chi connectivity index (χ1v) is 8.58. The van der Waals surface area contributed by atoms with Crippen molar-refractivity contribution in [2.45, 2.75) is 0 Å². The molecule has 0 aliphatic heterocycles. The summed E-state index contributed by atoms with van der Waals surface area (Å²) in [6.45, 7) is 0. The van der Waals surface area contributed by atoms with Crippen LogP contribution >= 0.6 is 11.6 Å². The Labute approximate surface area is 163 Å². The number of carboxylic acids is 1. The van der Waals surface area contributed by atoms with E-state index in [4.69, 9.17) is 16.3 Å². The predicted octanol–water partition coefficient (Wildman–Crippen LogP) is 4.56. The topological polar surface area (TPSA) is 76.7 Å². The van der Waals surface area contributed by atoms with Crippen LogP contribution < -0.4 is 4.74 Å². The van der Waals surface area contributed by atoms with Crippen LogP contribution in [0.2, 0.25) is 5.02 Å². The van der Waals surface area contributed by atoms with Crippen LogP contribution in [0, 0.1) is 5.82 Å². The number of benzene rings is 2. The summed E-state index contributed by atoms with van der Waals surface area (Å²) in [5.41, 5.74) is 2.52. The van der Waals surface area contributed by atoms with E-state index in [1.54, 1.807) is 36.4 Å². The Morgan fingerprint density at radius 2 is 1.82 bits per heavy atom. The SMILES string of the molecule is COc1ccc(-c2cc(-c3ccc(Cl)cc3)nc3cc(C(=O)O)nn23)cc1F. The summed E-state index contributed by atoms with van der Waals surface area (Å²) in [5.74, 6) is -1.60. The van der Waals surface area contributed by atoms with Crippen LogP contribution in [0.15, 0.2) is 54.6 Å². The van der Waals surface area contributed by atoms with Crippen molar-refractivity contribution in [1.82, 2.24) is 14.6 Å². The van der Waals surface area contributed by atoms with E-state index < -0.39 is 11.8 Å². The van der Waals surface area contributed by atoms with Gasteiger partial charge in [0.2, 0.25) is 0 Å². The molecule has 0 saturated heterocycles. The first-order valence-electron chi connectivity index (χ1n) is 8.20. The molecule has 0 radical (unpaired) electrons. The second kappa shape index (κ2) is 6.94. The number of methoxy groups -OCH3 is 1. The fourth-order valence-corrected chi connectivity index (χ4v) is 3.00. The van der Waals surface area contributed by atoms with Crippen LogP contribution in [-0.4, -0.2) is 32.8 Å². The van der Waals surface area contributed by atoms with Gasteiger partial charge in [0.1, 0.15) is 0 Å². The largest absolute Gasteiger partial charge is 0.494 e. The van der Waals surface area contributed by atoms with Gasteiger partial charge in [0.15, 0.2) is 22.9 Å². The molecule has 8 heteroatoms. The maximum atomic E-state index is 14.3. The molecule has 140 valence electrons. The number of rotatable bonds is 4. The van der Waals surface area contributed by atoms with E-state index in [9.17, 15) is 14.3 Å². The van der Waals surface area contributed by atoms with E-state index in [2.05, 4.69) is 10.1 Å². The van der Waals surface area contributed by atoms with Crippen molar-refractivity contribution in [3.8, 4) is 28.3 Å². The molecule has 2 aromatic heterocycles. The number of aromatic carboxylic acids is 1. The minimum Gasteiger partial charge on any atom is -0.494 e. The Kier molecular flexibility index (Phi) is 4.44. The van der Waals surface area contributed by atoms with Gasteiger partial charge in [0.25, 0.3) is 0 Å². The average molecular weight is 398 g/mol. The second-order valence-corrected chi connectivity index (χ2v) is 6.42. The summed E-state index contributed by atoms with van der Waals surface area (Å²) < 4.78 is 20.6. The average Bonchev–Trinajstić information content (AvgIpc) is 3.12. The highest BCUT2D eigenvalue weighted by molar-refractivity contribution is 6.30. The van der Waals surface area contributed by atoms with Crippen LogP contribution in [0.1, 0.15) is 10.5 Å². The first kappa shape index (κ1) is 17.9. The highest BCUT2D eigenvalue weighted by Crippen LogP contribution is 2.30. The molecule has 6 nitrogen and oxygen atoms in total. The summed E-state index contributed by atoms with van der Waals surface area (Å²) in [4.78, 5) is 15.8. The van der Waals surface area contributed by atoms with E-state index >= 15 is 0 Å². The summed E-state index contributed by atoms with van der Waals surface area (Å²) in [6.07, 6.45) is 0. The van der Waals surface area contributed by atoms with Crippen LogP contribution in [0.4, 0.5) is 4.39 Å². The fraction of sp³-hybridized carbons (Fsp3) is 0.0500. The Morgan fingerprint density at radius 1 is 1.11 bits per heavy atom. The Hall–Kier alpha value is -3.45. The maximum Gasteiger partial charge on any atom is 0.356 e. The number of fused-ring (bicyclic) bond motifs is 1. The van der Waals surface area contributed by atoms with Crippen molar-refractivity contribution in [2.24, 2.45) is 0 Å². The molecule has 4 rings (SSSR count). The lowest BCUT2D eigenvalue weighted by Gasteiger charge is -2.10. The first-order chi connectivity index (χ1) is 13.5. The van der Waals surface area contributed by atoms with Crippen LogP contribution in [0.25, 0.3) is 28.2 Å². The van der Waals surface area contributed by atoms with E-state index in [0.717, 1.165) is 5.56 Å². The molecule has 0 saturated carbocycles. The highest BCUT2D eigenvalue weighted by Gasteiger charge is 2.16. The predicted molar refractivity (Wildman–Crippen MR) is 102 cm³/mol. The van der Waals surface area contributed by atoms with Gasteiger partial charge in [-0.1, -0.05) is 23.7 Å². The fourth-order valence-electron chi connectivity index (χ4n) is 2.88. The molecule has 0 unspecified atom stereocenters. The van der Waals surface area contributed by atoms with Gasteiger partial charge in [-0.2, -0.15) is 5.10 Å². The number of nitrogens with zero attached hydrogens (tertiary/aromatic N) is 3. The number of halogens is 2. The zero-order valence-corrected chi connectivity index (χ0v) is 15.3. The van der Waals surface area contributed by atoms with E-state index in [1.807, 2.05) is 0 Å². The lowest BCUT2D eigenvalue weighted by Crippen LogP contribution is -2.01. The summed E-state index contributed by atoms with van der Waals surface area (Å²) in [5, 5.41) is 14.0. The van der Waals surface area contributed by atoms with Gasteiger partial charge in [-0.15, -0.1) is 0 Å². The van der Waals surface area contributed by atoms with Crippen LogP contribution in [0.5, 0.6) is 5.75 Å². The molecule has 0 amide bonds. The monoisotopic (exact) mass is 397 g/mol. The molecular formula is C20H13ClFN3O3. The van der Waals surface area contributed by atoms with Gasteiger partial charge in [0.05, 0.1) is 18.5 Å². The van der Waals surface area contributed by atoms with Gasteiger partial charge in [-0.05, 0) is 36.4 Å². The van der Waals surface area contributed by atoms with Gasteiger partial charge in [-0.3, -0.25) is 0 Å². The van der Waals surface area contributed by atoms with Crippen molar-refractivity contribution in [1.29, 1.82) is 0 Å². The van der Waals surface area contributed by atoms with Gasteiger partial charge in [-0.25, -0.2) is 18.7 Å². The Balaban J connectivity index is 1.97. The standard InChI is InChI=1S/C20H13ClFN3O3/c1-28-18-7-4-12(8-14(18)22)17-9-15(11-2-5-13(21)6-3-11)23-19-10-16(20(26)27)24-25(17)19/h2-10H,1H3,(H,26,27). The third-order valence-electron chi connectivity index (χ3n) is 4.23. The van der Waals surface area contributed by atoms with E-state index in [1.165, 1.54) is 29.8 Å². The normalized spacial score (nSPS) is 11.0. The molecule has 0 fully saturated rings. The van der Waals surface area contributed by atoms with E-state index in [-0.39, 0.29) is 11.4 Å². The number of aromatic nitrogens is 3. The molecule has 0 aliphatic rings. The maximum absolute atomic E-state index is 14.3. The smallest absolute Gasteiger partial charge is 0.356 e. The van der Waals surface area contributed by atoms with E-state index in [0.29, 0.717) is 27.6 Å². The highest BCUT2D eigenvalue weighted by atomic mass is 35.5. The van der Waals surface area contributed by atoms with Crippen molar-refractivity contribution in [2.75, 3.05) is 7.11 Å². The lowest BCUT2D eigenvalue weighted by molar-refractivity contribution is 0.0690. The van der Waals surface area contributed by atoms with Gasteiger partial charge >= 0.3 is 5.97 Å². The molecule has 2 aromatic carbocycles. The molecule has 1 N–H and O–H groups in total. The Bertz CT molecular complexity index is 1210. The molecule has 0 spiro atoms. The molecule has 4 aromatic rings. The molecule has 0 atom stereocenters. The zero-order chi connectivity index (χ0) is 19.8. The minimum atomic E-state index is -1.18. The summed E-state index contributed by atoms with van der Waals surface area (Å²) in [6, 6.07) is 14.6. The van der Waals surface area contributed by atoms with Crippen molar-refractivity contribution >= 4 is 23.2 Å². The summed E-state index contributed by atoms with van der Waals surface area (Å²) in [7, 11) is 1.38. The molecular weight excluding hydrogens is 385 g/mol. The molecule has 0 aliphatic carbocycles. The second-order valence-electron chi connectivity index (χ2n) is 5.99. The van der Waals surface area contributed by atoms with Crippen molar-refractivity contribution in [3.63, 3.8) is 0 Å². The number of carbonyl (C=O) groups is 1. The molecule has 2 heterocycles. The number of carboxylic acid groups (broad SMARTS) is 1. The van der Waals surface area contributed by atoms with Crippen LogP contribution in [-0.2, 0) is 0 Å². The van der Waals surface area contributed by atoms with Gasteiger partial charge in [0, 0.05) is 22.2 Å². The zero-order valence-electron chi connectivity index (χ0n) is 14.6. The lowest BCUT2D eigenvalue weighted by atomic mass is 10.1. The number of hydrogen-bond donors (Lipinski definition) is 1. The van der Waals surface area contributed by atoms with Crippen molar-refractivity contribution in [3.05, 3.63) is 71.1 Å². The molecule has 0 bridgehead atoms. The number of hydrogen-bond acceptors (Lipinski definition) is 4. The number of ether oxygens (including phenoxy) is 1.